The van der Waals surface area contributed by atoms with Gasteiger partial charge in [-0.15, -0.1) is 0 Å². The second kappa shape index (κ2) is 9.96. The Kier molecular flexibility index (Phi) is 5.53. The highest BCUT2D eigenvalue weighted by molar-refractivity contribution is 6.12. The van der Waals surface area contributed by atoms with Gasteiger partial charge in [-0.3, -0.25) is 0 Å². The van der Waals surface area contributed by atoms with Crippen molar-refractivity contribution in [2.75, 3.05) is 0 Å². The van der Waals surface area contributed by atoms with Crippen molar-refractivity contribution < 1.29 is 4.42 Å². The van der Waals surface area contributed by atoms with Crippen molar-refractivity contribution in [3.8, 4) is 28.6 Å². The fraction of sp³-hybridized carbons (Fsp3) is 0.0227. The highest BCUT2D eigenvalue weighted by Gasteiger charge is 2.17. The Balaban J connectivity index is 1.14. The normalized spacial score (nSPS) is 11.8. The second-order valence-electron chi connectivity index (χ2n) is 12.6. The van der Waals surface area contributed by atoms with Crippen LogP contribution < -0.4 is 0 Å². The molecule has 48 heavy (non-hydrogen) atoms. The molecule has 224 valence electrons. The van der Waals surface area contributed by atoms with Crippen LogP contribution in [0.3, 0.4) is 0 Å². The summed E-state index contributed by atoms with van der Waals surface area (Å²) in [5.74, 6) is 0. The van der Waals surface area contributed by atoms with Crippen LogP contribution in [-0.4, -0.2) is 9.13 Å². The number of furan rings is 1. The number of nitriles is 1. The third kappa shape index (κ3) is 3.82. The van der Waals surface area contributed by atoms with Crippen LogP contribution in [0.15, 0.2) is 150 Å². The first-order chi connectivity index (χ1) is 23.6. The molecule has 10 rings (SSSR count). The smallest absolute Gasteiger partial charge is 0.135 e. The molecule has 0 radical (unpaired) electrons. The van der Waals surface area contributed by atoms with Gasteiger partial charge in [0.1, 0.15) is 11.2 Å². The maximum absolute atomic E-state index is 9.63. The zero-order valence-corrected chi connectivity index (χ0v) is 26.1. The van der Waals surface area contributed by atoms with E-state index in [0.29, 0.717) is 5.56 Å². The van der Waals surface area contributed by atoms with Crippen LogP contribution in [0.4, 0.5) is 0 Å². The summed E-state index contributed by atoms with van der Waals surface area (Å²) in [6.45, 7) is 2.11. The molecule has 0 aliphatic heterocycles. The van der Waals surface area contributed by atoms with Crippen LogP contribution in [0, 0.1) is 18.3 Å². The van der Waals surface area contributed by atoms with Gasteiger partial charge in [-0.2, -0.15) is 5.26 Å². The predicted octanol–water partition coefficient (Wildman–Crippen LogP) is 11.6. The summed E-state index contributed by atoms with van der Waals surface area (Å²) in [5.41, 5.74) is 12.6. The molecule has 3 heterocycles. The Morgan fingerprint density at radius 2 is 1.06 bits per heavy atom. The van der Waals surface area contributed by atoms with Crippen molar-refractivity contribution in [2.24, 2.45) is 0 Å². The first-order valence-corrected chi connectivity index (χ1v) is 16.2. The molecule has 0 amide bonds. The summed E-state index contributed by atoms with van der Waals surface area (Å²) in [6.07, 6.45) is 0. The average Bonchev–Trinajstić information content (AvgIpc) is 3.78. The quantitative estimate of drug-likeness (QED) is 0.199. The zero-order chi connectivity index (χ0) is 31.9. The highest BCUT2D eigenvalue weighted by atomic mass is 16.3. The summed E-state index contributed by atoms with van der Waals surface area (Å²) in [5, 5.41) is 16.5. The van der Waals surface area contributed by atoms with Crippen molar-refractivity contribution in [2.45, 2.75) is 6.92 Å². The molecular formula is C44H27N3O. The lowest BCUT2D eigenvalue weighted by molar-refractivity contribution is 0.669. The SMILES string of the molecule is Cc1ccc2c(c1)c1cc(C#N)ccc1n2-c1ccc2oc3ccc(-c4cccc(-n5c6ccccc6c6ccccc65)c4)cc3c2c1. The molecule has 10 aromatic rings. The number of rotatable bonds is 3. The van der Waals surface area contributed by atoms with E-state index in [0.717, 1.165) is 66.2 Å². The molecule has 0 unspecified atom stereocenters. The number of hydrogen-bond donors (Lipinski definition) is 0. The van der Waals surface area contributed by atoms with Gasteiger partial charge in [-0.05, 0) is 103 Å². The largest absolute Gasteiger partial charge is 0.456 e. The standard InChI is InChI=1S/C44H27N3O/c1-27-13-17-41-35(21-27)36-22-28(26-45)14-18-42(36)47(41)32-16-20-44-38(25-32)37-24-30(15-19-43(37)48-44)29-7-6-8-31(23-29)46-39-11-4-2-9-33(39)34-10-3-5-12-40(34)46/h2-25H,1H3. The molecule has 0 spiro atoms. The molecule has 0 atom stereocenters. The average molecular weight is 614 g/mol. The molecule has 0 N–H and O–H groups in total. The van der Waals surface area contributed by atoms with E-state index in [4.69, 9.17) is 4.42 Å². The van der Waals surface area contributed by atoms with E-state index in [2.05, 4.69) is 156 Å². The molecule has 4 nitrogen and oxygen atoms in total. The summed E-state index contributed by atoms with van der Waals surface area (Å²) in [4.78, 5) is 0. The number of hydrogen-bond acceptors (Lipinski definition) is 2. The Morgan fingerprint density at radius 1 is 0.458 bits per heavy atom. The van der Waals surface area contributed by atoms with E-state index in [1.165, 1.54) is 27.4 Å². The second-order valence-corrected chi connectivity index (χ2v) is 12.6. The lowest BCUT2D eigenvalue weighted by Crippen LogP contribution is -1.94. The fourth-order valence-electron chi connectivity index (χ4n) is 7.59. The summed E-state index contributed by atoms with van der Waals surface area (Å²) in [6, 6.07) is 53.8. The summed E-state index contributed by atoms with van der Waals surface area (Å²) in [7, 11) is 0. The minimum Gasteiger partial charge on any atom is -0.456 e. The van der Waals surface area contributed by atoms with E-state index >= 15 is 0 Å². The van der Waals surface area contributed by atoms with Crippen molar-refractivity contribution in [1.29, 1.82) is 5.26 Å². The summed E-state index contributed by atoms with van der Waals surface area (Å²) >= 11 is 0. The van der Waals surface area contributed by atoms with Gasteiger partial charge >= 0.3 is 0 Å². The molecule has 4 heteroatoms. The van der Waals surface area contributed by atoms with Gasteiger partial charge in [-0.1, -0.05) is 66.2 Å². The van der Waals surface area contributed by atoms with Crippen LogP contribution >= 0.6 is 0 Å². The number of para-hydroxylation sites is 2. The van der Waals surface area contributed by atoms with E-state index in [1.54, 1.807) is 0 Å². The van der Waals surface area contributed by atoms with Gasteiger partial charge in [0.15, 0.2) is 0 Å². The predicted molar refractivity (Wildman–Crippen MR) is 197 cm³/mol. The van der Waals surface area contributed by atoms with Gasteiger partial charge in [0.05, 0.1) is 33.7 Å². The van der Waals surface area contributed by atoms with Gasteiger partial charge in [0.25, 0.3) is 0 Å². The van der Waals surface area contributed by atoms with Gasteiger partial charge in [-0.25, -0.2) is 0 Å². The van der Waals surface area contributed by atoms with Crippen LogP contribution in [0.2, 0.25) is 0 Å². The number of fused-ring (bicyclic) bond motifs is 9. The van der Waals surface area contributed by atoms with Gasteiger partial charge < -0.3 is 13.6 Å². The van der Waals surface area contributed by atoms with Crippen molar-refractivity contribution >= 4 is 65.6 Å². The highest BCUT2D eigenvalue weighted by Crippen LogP contribution is 2.38. The molecule has 0 saturated carbocycles. The first-order valence-electron chi connectivity index (χ1n) is 16.2. The third-order valence-electron chi connectivity index (χ3n) is 9.78. The fourth-order valence-corrected chi connectivity index (χ4v) is 7.59. The Hall–Kier alpha value is -6.57. The number of benzene rings is 7. The number of nitrogens with zero attached hydrogens (tertiary/aromatic N) is 3. The van der Waals surface area contributed by atoms with Crippen molar-refractivity contribution in [3.63, 3.8) is 0 Å². The van der Waals surface area contributed by atoms with Crippen LogP contribution in [-0.2, 0) is 0 Å². The molecule has 7 aromatic carbocycles. The van der Waals surface area contributed by atoms with E-state index in [-0.39, 0.29) is 0 Å². The number of aryl methyl sites for hydroxylation is 1. The molecule has 0 aliphatic carbocycles. The molecule has 3 aromatic heterocycles. The van der Waals surface area contributed by atoms with E-state index < -0.39 is 0 Å². The lowest BCUT2D eigenvalue weighted by atomic mass is 10.0. The third-order valence-corrected chi connectivity index (χ3v) is 9.78. The van der Waals surface area contributed by atoms with Crippen molar-refractivity contribution in [3.05, 3.63) is 157 Å². The zero-order valence-electron chi connectivity index (χ0n) is 26.1. The molecule has 0 fully saturated rings. The van der Waals surface area contributed by atoms with Crippen molar-refractivity contribution in [1.82, 2.24) is 9.13 Å². The van der Waals surface area contributed by atoms with Gasteiger partial charge in [0, 0.05) is 43.7 Å². The van der Waals surface area contributed by atoms with E-state index in [9.17, 15) is 5.26 Å². The first kappa shape index (κ1) is 26.6. The topological polar surface area (TPSA) is 46.8 Å². The minimum atomic E-state index is 0.661. The molecule has 0 saturated heterocycles. The Morgan fingerprint density at radius 3 is 1.81 bits per heavy atom. The Labute approximate surface area is 275 Å². The summed E-state index contributed by atoms with van der Waals surface area (Å²) < 4.78 is 11.0. The maximum atomic E-state index is 9.63. The lowest BCUT2D eigenvalue weighted by Gasteiger charge is -2.10. The van der Waals surface area contributed by atoms with E-state index in [1.807, 2.05) is 12.1 Å². The minimum absolute atomic E-state index is 0.661. The van der Waals surface area contributed by atoms with Crippen LogP contribution in [0.25, 0.3) is 88.1 Å². The molecule has 0 aliphatic rings. The molecule has 0 bridgehead atoms. The van der Waals surface area contributed by atoms with Crippen LogP contribution in [0.5, 0.6) is 0 Å². The maximum Gasteiger partial charge on any atom is 0.135 e. The Bertz CT molecular complexity index is 2930. The van der Waals surface area contributed by atoms with Crippen LogP contribution in [0.1, 0.15) is 11.1 Å². The molecular weight excluding hydrogens is 587 g/mol. The number of aromatic nitrogens is 2. The van der Waals surface area contributed by atoms with Gasteiger partial charge in [0.2, 0.25) is 0 Å². The monoisotopic (exact) mass is 613 g/mol.